The van der Waals surface area contributed by atoms with Gasteiger partial charge in [-0.05, 0) is 6.92 Å². The van der Waals surface area contributed by atoms with Crippen LogP contribution in [0.2, 0.25) is 0 Å². The van der Waals surface area contributed by atoms with E-state index >= 15 is 0 Å². The number of carbonyl (C=O) groups is 2. The zero-order valence-electron chi connectivity index (χ0n) is 7.21. The predicted octanol–water partition coefficient (Wildman–Crippen LogP) is -1.02. The highest BCUT2D eigenvalue weighted by molar-refractivity contribution is 5.98. The first-order chi connectivity index (χ1) is 5.63. The second-order valence-electron chi connectivity index (χ2n) is 2.06. The Labute approximate surface area is 70.1 Å². The van der Waals surface area contributed by atoms with Crippen LogP contribution in [-0.4, -0.2) is 26.0 Å². The van der Waals surface area contributed by atoms with Gasteiger partial charge in [0.05, 0.1) is 14.2 Å². The highest BCUT2D eigenvalue weighted by Crippen LogP contribution is 1.93. The molecule has 0 radical (unpaired) electrons. The number of amides is 2. The maximum Gasteiger partial charge on any atom is 0.255 e. The molecule has 6 nitrogen and oxygen atoms in total. The molecule has 6 heteroatoms. The summed E-state index contributed by atoms with van der Waals surface area (Å²) in [7, 11) is 2.58. The van der Waals surface area contributed by atoms with E-state index in [4.69, 9.17) is 0 Å². The molecular formula is C6H12N2O4. The molecule has 0 saturated heterocycles. The van der Waals surface area contributed by atoms with Crippen LogP contribution in [0.1, 0.15) is 6.92 Å². The Hall–Kier alpha value is -1.14. The number of hydrogen-bond donors (Lipinski definition) is 2. The third kappa shape index (κ3) is 3.31. The second kappa shape index (κ2) is 5.50. The lowest BCUT2D eigenvalue weighted by Crippen LogP contribution is -2.38. The normalized spacial score (nSPS) is 9.67. The Morgan fingerprint density at radius 2 is 1.42 bits per heavy atom. The molecule has 0 aromatic carbocycles. The van der Waals surface area contributed by atoms with Gasteiger partial charge < -0.3 is 0 Å². The first kappa shape index (κ1) is 10.9. The Balaban J connectivity index is 3.91. The highest BCUT2D eigenvalue weighted by atomic mass is 16.6. The van der Waals surface area contributed by atoms with Crippen LogP contribution in [0.4, 0.5) is 0 Å². The van der Waals surface area contributed by atoms with E-state index in [0.29, 0.717) is 0 Å². The van der Waals surface area contributed by atoms with Crippen molar-refractivity contribution in [3.63, 3.8) is 0 Å². The van der Waals surface area contributed by atoms with Gasteiger partial charge in [0.1, 0.15) is 5.92 Å². The van der Waals surface area contributed by atoms with Crippen molar-refractivity contribution in [1.29, 1.82) is 0 Å². The number of carbonyl (C=O) groups excluding carboxylic acids is 2. The van der Waals surface area contributed by atoms with E-state index in [9.17, 15) is 9.59 Å². The summed E-state index contributed by atoms with van der Waals surface area (Å²) < 4.78 is 0. The quantitative estimate of drug-likeness (QED) is 0.424. The van der Waals surface area contributed by atoms with Gasteiger partial charge in [0, 0.05) is 0 Å². The van der Waals surface area contributed by atoms with E-state index < -0.39 is 17.7 Å². The lowest BCUT2D eigenvalue weighted by Gasteiger charge is -2.09. The molecule has 0 aromatic heterocycles. The molecule has 0 spiro atoms. The molecule has 0 rings (SSSR count). The number of hydroxylamine groups is 2. The van der Waals surface area contributed by atoms with Crippen LogP contribution in [0.25, 0.3) is 0 Å². The van der Waals surface area contributed by atoms with Crippen LogP contribution < -0.4 is 11.0 Å². The van der Waals surface area contributed by atoms with E-state index in [1.165, 1.54) is 21.1 Å². The van der Waals surface area contributed by atoms with Crippen molar-refractivity contribution in [2.45, 2.75) is 6.92 Å². The molecular weight excluding hydrogens is 164 g/mol. The maximum atomic E-state index is 10.9. The smallest absolute Gasteiger partial charge is 0.255 e. The minimum absolute atomic E-state index is 0.521. The molecule has 0 bridgehead atoms. The molecule has 70 valence electrons. The summed E-state index contributed by atoms with van der Waals surface area (Å²) in [6.07, 6.45) is 0. The molecule has 0 heterocycles. The van der Waals surface area contributed by atoms with Crippen LogP contribution in [0.15, 0.2) is 0 Å². The fourth-order valence-electron chi connectivity index (χ4n) is 0.497. The zero-order valence-corrected chi connectivity index (χ0v) is 7.21. The number of nitrogens with one attached hydrogen (secondary N) is 2. The fourth-order valence-corrected chi connectivity index (χ4v) is 0.497. The van der Waals surface area contributed by atoms with E-state index in [0.717, 1.165) is 0 Å². The Bertz CT molecular complexity index is 153. The van der Waals surface area contributed by atoms with Gasteiger partial charge in [0.2, 0.25) is 0 Å². The van der Waals surface area contributed by atoms with Crippen molar-refractivity contribution < 1.29 is 19.3 Å². The van der Waals surface area contributed by atoms with E-state index in [2.05, 4.69) is 9.68 Å². The van der Waals surface area contributed by atoms with Gasteiger partial charge in [0.25, 0.3) is 11.8 Å². The molecule has 0 atom stereocenters. The van der Waals surface area contributed by atoms with Gasteiger partial charge in [-0.2, -0.15) is 0 Å². The van der Waals surface area contributed by atoms with Gasteiger partial charge in [-0.25, -0.2) is 11.0 Å². The van der Waals surface area contributed by atoms with Crippen molar-refractivity contribution in [1.82, 2.24) is 11.0 Å². The molecule has 2 N–H and O–H groups in total. The standard InChI is InChI=1S/C6H12N2O4/c1-4(5(9)7-11-2)6(10)8-12-3/h4H,1-3H3,(H,7,9)(H,8,10). The van der Waals surface area contributed by atoms with Gasteiger partial charge in [-0.3, -0.25) is 19.3 Å². The SMILES string of the molecule is CONC(=O)C(C)C(=O)NOC. The van der Waals surface area contributed by atoms with Gasteiger partial charge >= 0.3 is 0 Å². The van der Waals surface area contributed by atoms with Crippen LogP contribution in [0.5, 0.6) is 0 Å². The summed E-state index contributed by atoms with van der Waals surface area (Å²) in [5, 5.41) is 0. The molecule has 0 aliphatic rings. The van der Waals surface area contributed by atoms with Crippen molar-refractivity contribution in [2.75, 3.05) is 14.2 Å². The largest absolute Gasteiger partial charge is 0.277 e. The third-order valence-electron chi connectivity index (χ3n) is 1.19. The highest BCUT2D eigenvalue weighted by Gasteiger charge is 2.20. The summed E-state index contributed by atoms with van der Waals surface area (Å²) in [4.78, 5) is 30.5. The Morgan fingerprint density at radius 1 is 1.08 bits per heavy atom. The lowest BCUT2D eigenvalue weighted by molar-refractivity contribution is -0.146. The molecule has 12 heavy (non-hydrogen) atoms. The van der Waals surface area contributed by atoms with Gasteiger partial charge in [-0.15, -0.1) is 0 Å². The van der Waals surface area contributed by atoms with Gasteiger partial charge in [0.15, 0.2) is 0 Å². The van der Waals surface area contributed by atoms with Crippen molar-refractivity contribution in [2.24, 2.45) is 5.92 Å². The van der Waals surface area contributed by atoms with Crippen molar-refractivity contribution >= 4 is 11.8 Å². The maximum absolute atomic E-state index is 10.9. The lowest BCUT2D eigenvalue weighted by atomic mass is 10.1. The van der Waals surface area contributed by atoms with Crippen LogP contribution in [-0.2, 0) is 19.3 Å². The molecule has 2 amide bonds. The summed E-state index contributed by atoms with van der Waals surface area (Å²) in [5.41, 5.74) is 4.06. The monoisotopic (exact) mass is 176 g/mol. The van der Waals surface area contributed by atoms with Crippen LogP contribution in [0, 0.1) is 5.92 Å². The number of hydrogen-bond acceptors (Lipinski definition) is 4. The second-order valence-corrected chi connectivity index (χ2v) is 2.06. The molecule has 0 fully saturated rings. The molecule has 0 unspecified atom stereocenters. The Kier molecular flexibility index (Phi) is 4.98. The average Bonchev–Trinajstić information content (AvgIpc) is 2.04. The van der Waals surface area contributed by atoms with Crippen LogP contribution in [0.3, 0.4) is 0 Å². The topological polar surface area (TPSA) is 76.7 Å². The van der Waals surface area contributed by atoms with Crippen LogP contribution >= 0.6 is 0 Å². The molecule has 0 aliphatic heterocycles. The van der Waals surface area contributed by atoms with E-state index in [1.807, 2.05) is 11.0 Å². The Morgan fingerprint density at radius 3 is 1.67 bits per heavy atom. The van der Waals surface area contributed by atoms with Gasteiger partial charge in [-0.1, -0.05) is 0 Å². The first-order valence-electron chi connectivity index (χ1n) is 3.29. The van der Waals surface area contributed by atoms with Crippen molar-refractivity contribution in [3.05, 3.63) is 0 Å². The van der Waals surface area contributed by atoms with Crippen molar-refractivity contribution in [3.8, 4) is 0 Å². The average molecular weight is 176 g/mol. The molecule has 0 saturated carbocycles. The molecule has 0 aromatic rings. The van der Waals surface area contributed by atoms with E-state index in [-0.39, 0.29) is 0 Å². The molecule has 0 aliphatic carbocycles. The third-order valence-corrected chi connectivity index (χ3v) is 1.19. The zero-order chi connectivity index (χ0) is 9.56. The summed E-state index contributed by atoms with van der Waals surface area (Å²) >= 11 is 0. The fraction of sp³-hybridized carbons (Fsp3) is 0.667. The summed E-state index contributed by atoms with van der Waals surface area (Å²) in [5.74, 6) is -1.89. The van der Waals surface area contributed by atoms with E-state index in [1.54, 1.807) is 0 Å². The first-order valence-corrected chi connectivity index (χ1v) is 3.29. The minimum Gasteiger partial charge on any atom is -0.277 e. The summed E-state index contributed by atoms with van der Waals surface area (Å²) in [6.45, 7) is 1.43. The predicted molar refractivity (Wildman–Crippen MR) is 39.5 cm³/mol. The number of rotatable bonds is 4. The minimum atomic E-state index is -0.843. The summed E-state index contributed by atoms with van der Waals surface area (Å²) in [6, 6.07) is 0.